The standard InChI is InChI=1S/C12H13IN4O3/c13-8-1-6-16-10(7-8)14-17(11(16)18)9-2-4-15(5-3-9)12(19)20/h1,6-7,9H,2-5H2,(H,19,20). The van der Waals surface area contributed by atoms with E-state index in [0.29, 0.717) is 31.6 Å². The normalized spacial score (nSPS) is 16.8. The van der Waals surface area contributed by atoms with E-state index in [9.17, 15) is 9.59 Å². The number of halogens is 1. The second-order valence-electron chi connectivity index (χ2n) is 4.80. The van der Waals surface area contributed by atoms with Crippen LogP contribution in [0.1, 0.15) is 18.9 Å². The van der Waals surface area contributed by atoms with Crippen LogP contribution in [0.3, 0.4) is 0 Å². The molecule has 0 radical (unpaired) electrons. The summed E-state index contributed by atoms with van der Waals surface area (Å²) in [5.41, 5.74) is 0.465. The number of nitrogens with zero attached hydrogens (tertiary/aromatic N) is 4. The van der Waals surface area contributed by atoms with Crippen molar-refractivity contribution in [1.82, 2.24) is 19.1 Å². The average Bonchev–Trinajstić information content (AvgIpc) is 2.75. The molecule has 3 rings (SSSR count). The molecule has 0 atom stereocenters. The van der Waals surface area contributed by atoms with Crippen LogP contribution in [0, 0.1) is 3.57 Å². The van der Waals surface area contributed by atoms with Crippen molar-refractivity contribution in [3.05, 3.63) is 32.4 Å². The molecule has 0 unspecified atom stereocenters. The molecule has 1 amide bonds. The van der Waals surface area contributed by atoms with Crippen LogP contribution in [0.2, 0.25) is 0 Å². The lowest BCUT2D eigenvalue weighted by atomic mass is 10.1. The van der Waals surface area contributed by atoms with Crippen molar-refractivity contribution in [3.63, 3.8) is 0 Å². The van der Waals surface area contributed by atoms with E-state index in [1.54, 1.807) is 6.20 Å². The van der Waals surface area contributed by atoms with Crippen molar-refractivity contribution in [1.29, 1.82) is 0 Å². The summed E-state index contributed by atoms with van der Waals surface area (Å²) >= 11 is 2.18. The molecule has 3 heterocycles. The molecule has 0 aliphatic carbocycles. The number of rotatable bonds is 1. The molecule has 20 heavy (non-hydrogen) atoms. The molecule has 2 aromatic rings. The van der Waals surface area contributed by atoms with Crippen molar-refractivity contribution in [2.24, 2.45) is 0 Å². The van der Waals surface area contributed by atoms with E-state index in [1.165, 1.54) is 14.0 Å². The molecule has 2 aromatic heterocycles. The Kier molecular flexibility index (Phi) is 3.40. The summed E-state index contributed by atoms with van der Waals surface area (Å²) in [5.74, 6) is 0. The number of carbonyl (C=O) groups is 1. The SMILES string of the molecule is O=C(O)N1CCC(n2nc3cc(I)ccn3c2=O)CC1. The lowest BCUT2D eigenvalue weighted by Crippen LogP contribution is -2.40. The fourth-order valence-corrected chi connectivity index (χ4v) is 2.94. The Morgan fingerprint density at radius 1 is 1.40 bits per heavy atom. The highest BCUT2D eigenvalue weighted by Gasteiger charge is 2.25. The summed E-state index contributed by atoms with van der Waals surface area (Å²) in [6.45, 7) is 0.885. The number of pyridine rings is 1. The highest BCUT2D eigenvalue weighted by Crippen LogP contribution is 2.20. The summed E-state index contributed by atoms with van der Waals surface area (Å²) in [7, 11) is 0. The number of aromatic nitrogens is 3. The Hall–Kier alpha value is -1.58. The van der Waals surface area contributed by atoms with Gasteiger partial charge in [0.1, 0.15) is 0 Å². The van der Waals surface area contributed by atoms with E-state index in [2.05, 4.69) is 27.7 Å². The summed E-state index contributed by atoms with van der Waals surface area (Å²) in [6, 6.07) is 3.68. The maximum Gasteiger partial charge on any atom is 0.407 e. The molecular formula is C12H13IN4O3. The zero-order valence-corrected chi connectivity index (χ0v) is 12.7. The number of amides is 1. The molecular weight excluding hydrogens is 375 g/mol. The van der Waals surface area contributed by atoms with E-state index in [1.807, 2.05) is 12.1 Å². The maximum atomic E-state index is 12.3. The number of likely N-dealkylation sites (tertiary alicyclic amines) is 1. The van der Waals surface area contributed by atoms with Gasteiger partial charge in [-0.05, 0) is 47.6 Å². The number of fused-ring (bicyclic) bond motifs is 1. The molecule has 8 heteroatoms. The predicted molar refractivity (Wildman–Crippen MR) is 80.0 cm³/mol. The van der Waals surface area contributed by atoms with Crippen molar-refractivity contribution in [2.75, 3.05) is 13.1 Å². The van der Waals surface area contributed by atoms with Gasteiger partial charge in [-0.25, -0.2) is 14.3 Å². The molecule has 1 aliphatic heterocycles. The van der Waals surface area contributed by atoms with Gasteiger partial charge in [-0.15, -0.1) is 5.10 Å². The van der Waals surface area contributed by atoms with Gasteiger partial charge in [0.05, 0.1) is 6.04 Å². The zero-order chi connectivity index (χ0) is 14.3. The quantitative estimate of drug-likeness (QED) is 0.750. The van der Waals surface area contributed by atoms with Gasteiger partial charge >= 0.3 is 11.8 Å². The van der Waals surface area contributed by atoms with Crippen LogP contribution in [-0.4, -0.2) is 43.4 Å². The first-order valence-corrected chi connectivity index (χ1v) is 7.38. The highest BCUT2D eigenvalue weighted by molar-refractivity contribution is 14.1. The van der Waals surface area contributed by atoms with Crippen molar-refractivity contribution >= 4 is 34.3 Å². The molecule has 0 bridgehead atoms. The van der Waals surface area contributed by atoms with Gasteiger partial charge in [0.15, 0.2) is 5.65 Å². The van der Waals surface area contributed by atoms with Gasteiger partial charge in [-0.3, -0.25) is 4.40 Å². The Morgan fingerprint density at radius 2 is 2.10 bits per heavy atom. The summed E-state index contributed by atoms with van der Waals surface area (Å²) in [5, 5.41) is 13.3. The Bertz CT molecular complexity index is 715. The minimum Gasteiger partial charge on any atom is -0.465 e. The van der Waals surface area contributed by atoms with Crippen molar-refractivity contribution in [2.45, 2.75) is 18.9 Å². The second-order valence-corrected chi connectivity index (χ2v) is 6.05. The maximum absolute atomic E-state index is 12.3. The average molecular weight is 388 g/mol. The summed E-state index contributed by atoms with van der Waals surface area (Å²) in [4.78, 5) is 24.5. The van der Waals surface area contributed by atoms with Gasteiger partial charge in [0, 0.05) is 22.9 Å². The third kappa shape index (κ3) is 2.28. The van der Waals surface area contributed by atoms with Gasteiger partial charge in [0.25, 0.3) is 0 Å². The van der Waals surface area contributed by atoms with Crippen molar-refractivity contribution < 1.29 is 9.90 Å². The van der Waals surface area contributed by atoms with Crippen LogP contribution in [0.4, 0.5) is 4.79 Å². The van der Waals surface area contributed by atoms with E-state index in [-0.39, 0.29) is 11.7 Å². The fourth-order valence-electron chi connectivity index (χ4n) is 2.50. The molecule has 1 aliphatic rings. The third-order valence-electron chi connectivity index (χ3n) is 3.59. The van der Waals surface area contributed by atoms with Gasteiger partial charge in [-0.2, -0.15) is 0 Å². The molecule has 106 valence electrons. The topological polar surface area (TPSA) is 79.8 Å². The van der Waals surface area contributed by atoms with E-state index in [0.717, 1.165) is 3.57 Å². The number of piperidine rings is 1. The third-order valence-corrected chi connectivity index (χ3v) is 4.26. The monoisotopic (exact) mass is 388 g/mol. The van der Waals surface area contributed by atoms with Gasteiger partial charge < -0.3 is 10.0 Å². The van der Waals surface area contributed by atoms with E-state index in [4.69, 9.17) is 5.11 Å². The lowest BCUT2D eigenvalue weighted by molar-refractivity contribution is 0.123. The van der Waals surface area contributed by atoms with Crippen LogP contribution in [-0.2, 0) is 0 Å². The van der Waals surface area contributed by atoms with Crippen molar-refractivity contribution in [3.8, 4) is 0 Å². The first-order chi connectivity index (χ1) is 9.56. The zero-order valence-electron chi connectivity index (χ0n) is 10.6. The van der Waals surface area contributed by atoms with Gasteiger partial charge in [-0.1, -0.05) is 0 Å². The van der Waals surface area contributed by atoms with Crippen LogP contribution in [0.5, 0.6) is 0 Å². The minimum absolute atomic E-state index is 0.0318. The molecule has 0 aromatic carbocycles. The first kappa shape index (κ1) is 13.4. The number of hydrogen-bond donors (Lipinski definition) is 1. The van der Waals surface area contributed by atoms with Gasteiger partial charge in [0.2, 0.25) is 0 Å². The Labute approximate surface area is 127 Å². The highest BCUT2D eigenvalue weighted by atomic mass is 127. The largest absolute Gasteiger partial charge is 0.465 e. The summed E-state index contributed by atoms with van der Waals surface area (Å²) < 4.78 is 4.03. The lowest BCUT2D eigenvalue weighted by Gasteiger charge is -2.29. The molecule has 1 fully saturated rings. The number of carboxylic acid groups (broad SMARTS) is 1. The van der Waals surface area contributed by atoms with E-state index < -0.39 is 6.09 Å². The Balaban J connectivity index is 1.90. The molecule has 0 spiro atoms. The molecule has 7 nitrogen and oxygen atoms in total. The molecule has 0 saturated carbocycles. The summed E-state index contributed by atoms with van der Waals surface area (Å²) in [6.07, 6.45) is 2.05. The van der Waals surface area contributed by atoms with Crippen LogP contribution < -0.4 is 5.69 Å². The van der Waals surface area contributed by atoms with Crippen LogP contribution in [0.25, 0.3) is 5.65 Å². The molecule has 1 saturated heterocycles. The second kappa shape index (κ2) is 5.08. The number of hydrogen-bond acceptors (Lipinski definition) is 3. The minimum atomic E-state index is -0.902. The van der Waals surface area contributed by atoms with E-state index >= 15 is 0 Å². The first-order valence-electron chi connectivity index (χ1n) is 6.30. The smallest absolute Gasteiger partial charge is 0.407 e. The Morgan fingerprint density at radius 3 is 2.75 bits per heavy atom. The van der Waals surface area contributed by atoms with Crippen LogP contribution in [0.15, 0.2) is 23.1 Å². The van der Waals surface area contributed by atoms with Crippen LogP contribution >= 0.6 is 22.6 Å². The predicted octanol–water partition coefficient (Wildman–Crippen LogP) is 1.42. The fraction of sp³-hybridized carbons (Fsp3) is 0.417. The molecule has 1 N–H and O–H groups in total.